The van der Waals surface area contributed by atoms with E-state index in [9.17, 15) is 0 Å². The lowest BCUT2D eigenvalue weighted by Crippen LogP contribution is -2.51. The van der Waals surface area contributed by atoms with Gasteiger partial charge in [-0.05, 0) is 49.3 Å². The first-order chi connectivity index (χ1) is 9.79. The predicted molar refractivity (Wildman–Crippen MR) is 84.5 cm³/mol. The zero-order chi connectivity index (χ0) is 13.5. The van der Waals surface area contributed by atoms with Gasteiger partial charge in [0, 0.05) is 42.9 Å². The van der Waals surface area contributed by atoms with E-state index in [4.69, 9.17) is 11.6 Å². The summed E-state index contributed by atoms with van der Waals surface area (Å²) in [5.41, 5.74) is 1.28. The molecule has 20 heavy (non-hydrogen) atoms. The number of piperazine rings is 1. The monoisotopic (exact) mass is 290 g/mol. The SMILES string of the molecule is Clc1cccc(N2CCN([C@H]3C[C@@H]4CC[C@@H]3C4)CC2)c1. The van der Waals surface area contributed by atoms with Gasteiger partial charge in [0.2, 0.25) is 0 Å². The summed E-state index contributed by atoms with van der Waals surface area (Å²) in [6.07, 6.45) is 5.98. The standard InChI is InChI=1S/C17H23ClN2/c18-15-2-1-3-16(12-15)19-6-8-20(9-7-19)17-11-13-4-5-14(17)10-13/h1-3,12-14,17H,4-11H2/t13-,14-,17+/m1/s1. The molecule has 0 amide bonds. The van der Waals surface area contributed by atoms with Crippen LogP contribution < -0.4 is 4.90 Å². The number of nitrogens with zero attached hydrogens (tertiary/aromatic N) is 2. The van der Waals surface area contributed by atoms with E-state index in [1.165, 1.54) is 44.5 Å². The topological polar surface area (TPSA) is 6.48 Å². The minimum atomic E-state index is 0.845. The summed E-state index contributed by atoms with van der Waals surface area (Å²) < 4.78 is 0. The summed E-state index contributed by atoms with van der Waals surface area (Å²) in [6.45, 7) is 4.74. The summed E-state index contributed by atoms with van der Waals surface area (Å²) in [4.78, 5) is 5.25. The molecule has 1 aromatic carbocycles. The fourth-order valence-corrected chi connectivity index (χ4v) is 4.83. The summed E-state index contributed by atoms with van der Waals surface area (Å²) in [5, 5.41) is 0.845. The van der Waals surface area contributed by atoms with Crippen LogP contribution in [0.1, 0.15) is 25.7 Å². The molecule has 0 aromatic heterocycles. The van der Waals surface area contributed by atoms with E-state index in [0.717, 1.165) is 36.0 Å². The Hall–Kier alpha value is -0.730. The van der Waals surface area contributed by atoms with Gasteiger partial charge in [-0.2, -0.15) is 0 Å². The highest BCUT2D eigenvalue weighted by Crippen LogP contribution is 2.46. The van der Waals surface area contributed by atoms with Crippen LogP contribution in [-0.2, 0) is 0 Å². The van der Waals surface area contributed by atoms with Crippen LogP contribution in [0.3, 0.4) is 0 Å². The van der Waals surface area contributed by atoms with Crippen LogP contribution in [0, 0.1) is 11.8 Å². The van der Waals surface area contributed by atoms with Crippen LogP contribution in [0.2, 0.25) is 5.02 Å². The molecular weight excluding hydrogens is 268 g/mol. The van der Waals surface area contributed by atoms with Crippen LogP contribution in [0.4, 0.5) is 5.69 Å². The molecule has 2 nitrogen and oxygen atoms in total. The van der Waals surface area contributed by atoms with Gasteiger partial charge in [-0.25, -0.2) is 0 Å². The first-order valence-electron chi connectivity index (χ1n) is 8.04. The molecule has 0 spiro atoms. The van der Waals surface area contributed by atoms with E-state index in [1.807, 2.05) is 6.07 Å². The van der Waals surface area contributed by atoms with E-state index in [0.29, 0.717) is 0 Å². The molecular formula is C17H23ClN2. The average Bonchev–Trinajstić information content (AvgIpc) is 3.10. The van der Waals surface area contributed by atoms with Gasteiger partial charge in [0.25, 0.3) is 0 Å². The Kier molecular flexibility index (Phi) is 3.39. The van der Waals surface area contributed by atoms with Crippen LogP contribution >= 0.6 is 11.6 Å². The second-order valence-electron chi connectivity index (χ2n) is 6.75. The van der Waals surface area contributed by atoms with Gasteiger partial charge in [-0.3, -0.25) is 4.90 Å². The van der Waals surface area contributed by atoms with E-state index < -0.39 is 0 Å². The number of halogens is 1. The molecule has 3 heteroatoms. The number of benzene rings is 1. The van der Waals surface area contributed by atoms with Crippen molar-refractivity contribution in [1.29, 1.82) is 0 Å². The Morgan fingerprint density at radius 2 is 1.85 bits per heavy atom. The first kappa shape index (κ1) is 13.0. The molecule has 1 saturated heterocycles. The van der Waals surface area contributed by atoms with Gasteiger partial charge in [-0.15, -0.1) is 0 Å². The van der Waals surface area contributed by atoms with Crippen molar-refractivity contribution in [3.63, 3.8) is 0 Å². The lowest BCUT2D eigenvalue weighted by molar-refractivity contribution is 0.135. The molecule has 1 aliphatic heterocycles. The van der Waals surface area contributed by atoms with Crippen LogP contribution in [0.5, 0.6) is 0 Å². The predicted octanol–water partition coefficient (Wildman–Crippen LogP) is 3.65. The molecule has 2 bridgehead atoms. The molecule has 1 heterocycles. The number of rotatable bonds is 2. The molecule has 2 aliphatic carbocycles. The number of anilines is 1. The van der Waals surface area contributed by atoms with Gasteiger partial charge in [0.1, 0.15) is 0 Å². The Balaban J connectivity index is 1.38. The molecule has 3 aliphatic rings. The third kappa shape index (κ3) is 2.33. The number of hydrogen-bond donors (Lipinski definition) is 0. The van der Waals surface area contributed by atoms with E-state index in [-0.39, 0.29) is 0 Å². The minimum absolute atomic E-state index is 0.845. The van der Waals surface area contributed by atoms with Gasteiger partial charge >= 0.3 is 0 Å². The summed E-state index contributed by atoms with van der Waals surface area (Å²) in [5.74, 6) is 2.06. The van der Waals surface area contributed by atoms with E-state index in [2.05, 4.69) is 28.0 Å². The zero-order valence-electron chi connectivity index (χ0n) is 12.0. The van der Waals surface area contributed by atoms with Gasteiger partial charge in [0.05, 0.1) is 0 Å². The molecule has 4 rings (SSSR count). The van der Waals surface area contributed by atoms with Crippen molar-refractivity contribution >= 4 is 17.3 Å². The third-order valence-corrected chi connectivity index (χ3v) is 5.89. The smallest absolute Gasteiger partial charge is 0.0426 e. The van der Waals surface area contributed by atoms with Gasteiger partial charge in [0.15, 0.2) is 0 Å². The fourth-order valence-electron chi connectivity index (χ4n) is 4.64. The third-order valence-electron chi connectivity index (χ3n) is 5.66. The molecule has 3 atom stereocenters. The average molecular weight is 291 g/mol. The van der Waals surface area contributed by atoms with Crippen molar-refractivity contribution in [3.05, 3.63) is 29.3 Å². The van der Waals surface area contributed by atoms with Crippen molar-refractivity contribution in [3.8, 4) is 0 Å². The lowest BCUT2D eigenvalue weighted by Gasteiger charge is -2.41. The van der Waals surface area contributed by atoms with Crippen molar-refractivity contribution in [2.24, 2.45) is 11.8 Å². The fraction of sp³-hybridized carbons (Fsp3) is 0.647. The van der Waals surface area contributed by atoms with Crippen molar-refractivity contribution in [2.45, 2.75) is 31.7 Å². The molecule has 3 fully saturated rings. The Labute approximate surface area is 126 Å². The number of fused-ring (bicyclic) bond motifs is 2. The quantitative estimate of drug-likeness (QED) is 0.820. The highest BCUT2D eigenvalue weighted by molar-refractivity contribution is 6.30. The van der Waals surface area contributed by atoms with Crippen LogP contribution in [-0.4, -0.2) is 37.1 Å². The molecule has 0 unspecified atom stereocenters. The van der Waals surface area contributed by atoms with Crippen molar-refractivity contribution in [2.75, 3.05) is 31.1 Å². The zero-order valence-corrected chi connectivity index (χ0v) is 12.7. The molecule has 108 valence electrons. The molecule has 0 N–H and O–H groups in total. The normalized spacial score (nSPS) is 33.9. The summed E-state index contributed by atoms with van der Waals surface area (Å²) in [6, 6.07) is 9.18. The molecule has 0 radical (unpaired) electrons. The first-order valence-corrected chi connectivity index (χ1v) is 8.42. The maximum atomic E-state index is 6.10. The van der Waals surface area contributed by atoms with Crippen LogP contribution in [0.15, 0.2) is 24.3 Å². The lowest BCUT2D eigenvalue weighted by atomic mass is 9.93. The Bertz CT molecular complexity index is 482. The highest BCUT2D eigenvalue weighted by atomic mass is 35.5. The second-order valence-corrected chi connectivity index (χ2v) is 7.18. The second kappa shape index (κ2) is 5.23. The highest BCUT2D eigenvalue weighted by Gasteiger charge is 2.42. The van der Waals surface area contributed by atoms with Gasteiger partial charge in [-0.1, -0.05) is 24.1 Å². The maximum absolute atomic E-state index is 6.10. The number of hydrogen-bond acceptors (Lipinski definition) is 2. The van der Waals surface area contributed by atoms with Crippen LogP contribution in [0.25, 0.3) is 0 Å². The van der Waals surface area contributed by atoms with E-state index >= 15 is 0 Å². The van der Waals surface area contributed by atoms with Crippen molar-refractivity contribution < 1.29 is 0 Å². The largest absolute Gasteiger partial charge is 0.369 e. The Morgan fingerprint density at radius 1 is 1.00 bits per heavy atom. The summed E-state index contributed by atoms with van der Waals surface area (Å²) >= 11 is 6.10. The summed E-state index contributed by atoms with van der Waals surface area (Å²) in [7, 11) is 0. The molecule has 2 saturated carbocycles. The molecule has 1 aromatic rings. The maximum Gasteiger partial charge on any atom is 0.0426 e. The Morgan fingerprint density at radius 3 is 2.50 bits per heavy atom. The van der Waals surface area contributed by atoms with Crippen molar-refractivity contribution in [1.82, 2.24) is 4.90 Å². The van der Waals surface area contributed by atoms with E-state index in [1.54, 1.807) is 0 Å². The van der Waals surface area contributed by atoms with Gasteiger partial charge < -0.3 is 4.90 Å². The minimum Gasteiger partial charge on any atom is -0.369 e.